The summed E-state index contributed by atoms with van der Waals surface area (Å²) in [4.78, 5) is 26.2. The zero-order chi connectivity index (χ0) is 13.8. The molecule has 0 atom stereocenters. The van der Waals surface area contributed by atoms with Crippen LogP contribution in [-0.2, 0) is 0 Å². The Morgan fingerprint density at radius 1 is 1.21 bits per heavy atom. The maximum absolute atomic E-state index is 13.3. The van der Waals surface area contributed by atoms with E-state index in [2.05, 4.69) is 10.3 Å². The van der Waals surface area contributed by atoms with E-state index < -0.39 is 17.8 Å². The lowest BCUT2D eigenvalue weighted by atomic mass is 10.2. The normalized spacial score (nSPS) is 9.95. The number of halogens is 1. The van der Waals surface area contributed by atoms with E-state index >= 15 is 0 Å². The third kappa shape index (κ3) is 2.92. The molecule has 96 valence electrons. The van der Waals surface area contributed by atoms with E-state index in [0.717, 1.165) is 0 Å². The standard InChI is InChI=1S/C13H10FN3O2/c14-11-10(5-2-6-16-11)13(19)17-9-4-1-3-8(7-9)12(15)18/h1-7H,(H2,15,18)(H,17,19). The molecule has 0 spiro atoms. The number of carbonyl (C=O) groups excluding carboxylic acids is 2. The maximum atomic E-state index is 13.3. The number of primary amides is 1. The molecule has 0 aliphatic heterocycles. The first kappa shape index (κ1) is 12.7. The van der Waals surface area contributed by atoms with E-state index in [1.807, 2.05) is 0 Å². The molecular formula is C13H10FN3O2. The van der Waals surface area contributed by atoms with Gasteiger partial charge in [-0.2, -0.15) is 4.39 Å². The van der Waals surface area contributed by atoms with Gasteiger partial charge in [0.15, 0.2) is 0 Å². The van der Waals surface area contributed by atoms with Crippen molar-refractivity contribution >= 4 is 17.5 Å². The molecule has 6 heteroatoms. The minimum atomic E-state index is -0.856. The van der Waals surface area contributed by atoms with Crippen molar-refractivity contribution in [1.82, 2.24) is 4.98 Å². The van der Waals surface area contributed by atoms with Gasteiger partial charge >= 0.3 is 0 Å². The van der Waals surface area contributed by atoms with Gasteiger partial charge in [0, 0.05) is 17.4 Å². The number of anilines is 1. The van der Waals surface area contributed by atoms with Gasteiger partial charge in [-0.3, -0.25) is 9.59 Å². The Labute approximate surface area is 108 Å². The Morgan fingerprint density at radius 2 is 2.00 bits per heavy atom. The van der Waals surface area contributed by atoms with Crippen molar-refractivity contribution in [2.24, 2.45) is 5.73 Å². The van der Waals surface area contributed by atoms with Gasteiger partial charge in [-0.1, -0.05) is 6.07 Å². The highest BCUT2D eigenvalue weighted by Gasteiger charge is 2.12. The largest absolute Gasteiger partial charge is 0.366 e. The molecule has 0 saturated carbocycles. The monoisotopic (exact) mass is 259 g/mol. The summed E-state index contributed by atoms with van der Waals surface area (Å²) in [5.41, 5.74) is 5.56. The van der Waals surface area contributed by atoms with E-state index in [9.17, 15) is 14.0 Å². The van der Waals surface area contributed by atoms with Crippen LogP contribution in [0.15, 0.2) is 42.6 Å². The number of benzene rings is 1. The molecule has 0 bridgehead atoms. The van der Waals surface area contributed by atoms with Gasteiger partial charge in [0.1, 0.15) is 0 Å². The van der Waals surface area contributed by atoms with Crippen molar-refractivity contribution in [1.29, 1.82) is 0 Å². The summed E-state index contributed by atoms with van der Waals surface area (Å²) in [5.74, 6) is -2.11. The van der Waals surface area contributed by atoms with Crippen molar-refractivity contribution in [2.75, 3.05) is 5.32 Å². The lowest BCUT2D eigenvalue weighted by Crippen LogP contribution is -2.16. The molecule has 0 aliphatic carbocycles. The second kappa shape index (κ2) is 5.26. The second-order valence-corrected chi connectivity index (χ2v) is 3.74. The number of hydrogen-bond donors (Lipinski definition) is 2. The molecular weight excluding hydrogens is 249 g/mol. The molecule has 0 unspecified atom stereocenters. The van der Waals surface area contributed by atoms with Gasteiger partial charge in [-0.05, 0) is 30.3 Å². The Balaban J connectivity index is 2.22. The first-order valence-electron chi connectivity index (χ1n) is 5.39. The van der Waals surface area contributed by atoms with Crippen LogP contribution in [0.4, 0.5) is 10.1 Å². The van der Waals surface area contributed by atoms with Crippen LogP contribution in [0.5, 0.6) is 0 Å². The summed E-state index contributed by atoms with van der Waals surface area (Å²) in [6.07, 6.45) is 1.25. The maximum Gasteiger partial charge on any atom is 0.260 e. The number of nitrogens with two attached hydrogens (primary N) is 1. The Hall–Kier alpha value is -2.76. The molecule has 2 rings (SSSR count). The van der Waals surface area contributed by atoms with Gasteiger partial charge < -0.3 is 11.1 Å². The summed E-state index contributed by atoms with van der Waals surface area (Å²) < 4.78 is 13.3. The average Bonchev–Trinajstić information content (AvgIpc) is 2.39. The molecule has 2 amide bonds. The van der Waals surface area contributed by atoms with Crippen LogP contribution in [0.3, 0.4) is 0 Å². The fraction of sp³-hybridized carbons (Fsp3) is 0. The highest BCUT2D eigenvalue weighted by Crippen LogP contribution is 2.12. The molecule has 19 heavy (non-hydrogen) atoms. The van der Waals surface area contributed by atoms with Crippen LogP contribution >= 0.6 is 0 Å². The van der Waals surface area contributed by atoms with Gasteiger partial charge in [-0.25, -0.2) is 4.98 Å². The second-order valence-electron chi connectivity index (χ2n) is 3.74. The molecule has 0 saturated heterocycles. The number of pyridine rings is 1. The molecule has 3 N–H and O–H groups in total. The smallest absolute Gasteiger partial charge is 0.260 e. The molecule has 0 fully saturated rings. The number of rotatable bonds is 3. The predicted molar refractivity (Wildman–Crippen MR) is 67.1 cm³/mol. The minimum Gasteiger partial charge on any atom is -0.366 e. The molecule has 2 aromatic rings. The minimum absolute atomic E-state index is 0.174. The first-order chi connectivity index (χ1) is 9.08. The fourth-order valence-corrected chi connectivity index (χ4v) is 1.50. The predicted octanol–water partition coefficient (Wildman–Crippen LogP) is 1.57. The van der Waals surface area contributed by atoms with Crippen LogP contribution in [-0.4, -0.2) is 16.8 Å². The van der Waals surface area contributed by atoms with Gasteiger partial charge in [-0.15, -0.1) is 0 Å². The van der Waals surface area contributed by atoms with Gasteiger partial charge in [0.25, 0.3) is 5.91 Å². The number of nitrogens with zero attached hydrogens (tertiary/aromatic N) is 1. The van der Waals surface area contributed by atoms with E-state index in [4.69, 9.17) is 5.73 Å². The summed E-state index contributed by atoms with van der Waals surface area (Å²) in [5, 5.41) is 2.47. The highest BCUT2D eigenvalue weighted by atomic mass is 19.1. The van der Waals surface area contributed by atoms with E-state index in [1.54, 1.807) is 12.1 Å². The lowest BCUT2D eigenvalue weighted by molar-refractivity contribution is 0.0995. The van der Waals surface area contributed by atoms with Crippen LogP contribution in [0.2, 0.25) is 0 Å². The molecule has 0 radical (unpaired) electrons. The van der Waals surface area contributed by atoms with Crippen LogP contribution < -0.4 is 11.1 Å². The highest BCUT2D eigenvalue weighted by molar-refractivity contribution is 6.05. The average molecular weight is 259 g/mol. The lowest BCUT2D eigenvalue weighted by Gasteiger charge is -2.06. The molecule has 1 aromatic carbocycles. The zero-order valence-corrected chi connectivity index (χ0v) is 9.76. The summed E-state index contributed by atoms with van der Waals surface area (Å²) in [6, 6.07) is 8.83. The van der Waals surface area contributed by atoms with Crippen LogP contribution in [0.1, 0.15) is 20.7 Å². The third-order valence-corrected chi connectivity index (χ3v) is 2.41. The Kier molecular flexibility index (Phi) is 3.51. The van der Waals surface area contributed by atoms with Crippen molar-refractivity contribution < 1.29 is 14.0 Å². The number of nitrogens with one attached hydrogen (secondary N) is 1. The summed E-state index contributed by atoms with van der Waals surface area (Å²) in [6.45, 7) is 0. The molecule has 1 heterocycles. The number of amides is 2. The van der Waals surface area contributed by atoms with Crippen molar-refractivity contribution in [2.45, 2.75) is 0 Å². The third-order valence-electron chi connectivity index (χ3n) is 2.41. The number of aromatic nitrogens is 1. The number of carbonyl (C=O) groups is 2. The SMILES string of the molecule is NC(=O)c1cccc(NC(=O)c2cccnc2F)c1. The van der Waals surface area contributed by atoms with Gasteiger partial charge in [0.05, 0.1) is 5.56 Å². The zero-order valence-electron chi connectivity index (χ0n) is 9.76. The van der Waals surface area contributed by atoms with Crippen molar-refractivity contribution in [3.05, 3.63) is 59.7 Å². The van der Waals surface area contributed by atoms with E-state index in [1.165, 1.54) is 30.5 Å². The first-order valence-corrected chi connectivity index (χ1v) is 5.39. The summed E-state index contributed by atoms with van der Waals surface area (Å²) in [7, 11) is 0. The van der Waals surface area contributed by atoms with Gasteiger partial charge in [0.2, 0.25) is 11.9 Å². The molecule has 0 aliphatic rings. The fourth-order valence-electron chi connectivity index (χ4n) is 1.50. The van der Waals surface area contributed by atoms with Crippen molar-refractivity contribution in [3.63, 3.8) is 0 Å². The van der Waals surface area contributed by atoms with Crippen LogP contribution in [0, 0.1) is 5.95 Å². The van der Waals surface area contributed by atoms with E-state index in [0.29, 0.717) is 5.69 Å². The topological polar surface area (TPSA) is 85.1 Å². The van der Waals surface area contributed by atoms with E-state index in [-0.39, 0.29) is 11.1 Å². The molecule has 1 aromatic heterocycles. The summed E-state index contributed by atoms with van der Waals surface area (Å²) >= 11 is 0. The quantitative estimate of drug-likeness (QED) is 0.820. The Bertz CT molecular complexity index is 643. The Morgan fingerprint density at radius 3 is 2.68 bits per heavy atom. The van der Waals surface area contributed by atoms with Crippen molar-refractivity contribution in [3.8, 4) is 0 Å². The number of hydrogen-bond acceptors (Lipinski definition) is 3. The van der Waals surface area contributed by atoms with Crippen LogP contribution in [0.25, 0.3) is 0 Å². The molecule has 5 nitrogen and oxygen atoms in total.